The molecule has 9 heteroatoms. The molecule has 0 bridgehead atoms. The second kappa shape index (κ2) is 11.7. The molecular weight excluding hydrogens is 390 g/mol. The van der Waals surface area contributed by atoms with E-state index >= 15 is 0 Å². The van der Waals surface area contributed by atoms with E-state index in [4.69, 9.17) is 19.4 Å². The number of aromatic nitrogens is 1. The summed E-state index contributed by atoms with van der Waals surface area (Å²) in [5, 5.41) is 9.84. The number of amides is 1. The quantitative estimate of drug-likeness (QED) is 0.537. The van der Waals surface area contributed by atoms with Crippen LogP contribution < -0.4 is 5.32 Å². The van der Waals surface area contributed by atoms with Crippen LogP contribution in [0.1, 0.15) is 20.8 Å². The Labute approximate surface area is 175 Å². The van der Waals surface area contributed by atoms with Crippen molar-refractivity contribution in [1.29, 1.82) is 0 Å². The zero-order chi connectivity index (χ0) is 21.9. The van der Waals surface area contributed by atoms with Gasteiger partial charge in [0.05, 0.1) is 20.3 Å². The van der Waals surface area contributed by atoms with Crippen LogP contribution >= 0.6 is 0 Å². The Hall–Kier alpha value is -3.17. The summed E-state index contributed by atoms with van der Waals surface area (Å²) in [4.78, 5) is 34.7. The maximum atomic E-state index is 12.3. The number of aryl methyl sites for hydroxylation is 1. The fraction of sp³-hybridized carbons (Fsp3) is 0.381. The molecule has 2 N–H and O–H groups in total. The average molecular weight is 417 g/mol. The number of rotatable bonds is 6. The van der Waals surface area contributed by atoms with Gasteiger partial charge in [-0.3, -0.25) is 14.5 Å². The number of esters is 1. The minimum Gasteiger partial charge on any atom is -0.483 e. The Morgan fingerprint density at radius 2 is 1.83 bits per heavy atom. The van der Waals surface area contributed by atoms with E-state index in [2.05, 4.69) is 10.2 Å². The first-order valence-corrected chi connectivity index (χ1v) is 9.51. The van der Waals surface area contributed by atoms with Crippen molar-refractivity contribution in [2.45, 2.75) is 0 Å². The normalized spacial score (nSPS) is 13.7. The number of nitrogens with zero attached hydrogens (tertiary/aromatic N) is 2. The summed E-state index contributed by atoms with van der Waals surface area (Å²) in [7, 11) is 3.16. The molecule has 0 atom stereocenters. The Balaban J connectivity index is 0.00000101. The first-order chi connectivity index (χ1) is 14.5. The summed E-state index contributed by atoms with van der Waals surface area (Å²) in [6.45, 7) is 4.53. The van der Waals surface area contributed by atoms with Gasteiger partial charge in [0.2, 0.25) is 0 Å². The fourth-order valence-corrected chi connectivity index (χ4v) is 3.10. The van der Waals surface area contributed by atoms with Crippen LogP contribution in [0.3, 0.4) is 0 Å². The Morgan fingerprint density at radius 1 is 1.20 bits per heavy atom. The third kappa shape index (κ3) is 6.43. The molecule has 1 aliphatic rings. The number of carbonyl (C=O) groups excluding carboxylic acids is 2. The summed E-state index contributed by atoms with van der Waals surface area (Å²) in [6, 6.07) is 9.14. The van der Waals surface area contributed by atoms with Crippen molar-refractivity contribution in [3.8, 4) is 11.1 Å². The number of ether oxygens (including phenoxy) is 2. The molecule has 162 valence electrons. The molecule has 0 saturated carbocycles. The van der Waals surface area contributed by atoms with Crippen molar-refractivity contribution in [3.05, 3.63) is 47.8 Å². The molecule has 0 unspecified atom stereocenters. The predicted octanol–water partition coefficient (Wildman–Crippen LogP) is 1.24. The number of hydrogen-bond acceptors (Lipinski definition) is 6. The van der Waals surface area contributed by atoms with Gasteiger partial charge < -0.3 is 24.5 Å². The van der Waals surface area contributed by atoms with Crippen LogP contribution in [0.2, 0.25) is 0 Å². The van der Waals surface area contributed by atoms with Crippen LogP contribution in [-0.4, -0.2) is 79.4 Å². The second-order valence-electron chi connectivity index (χ2n) is 6.61. The highest BCUT2D eigenvalue weighted by Crippen LogP contribution is 2.22. The Morgan fingerprint density at radius 3 is 2.43 bits per heavy atom. The van der Waals surface area contributed by atoms with Gasteiger partial charge in [-0.2, -0.15) is 0 Å². The molecule has 3 rings (SSSR count). The molecular formula is C21H27N3O6. The first-order valence-electron chi connectivity index (χ1n) is 9.51. The molecule has 1 aromatic carbocycles. The largest absolute Gasteiger partial charge is 0.483 e. The van der Waals surface area contributed by atoms with Crippen LogP contribution in [0.5, 0.6) is 0 Å². The lowest BCUT2D eigenvalue weighted by atomic mass is 10.1. The summed E-state index contributed by atoms with van der Waals surface area (Å²) in [6.07, 6.45) is 1.86. The molecule has 0 aliphatic carbocycles. The number of nitrogens with one attached hydrogen (secondary N) is 1. The van der Waals surface area contributed by atoms with Crippen molar-refractivity contribution in [1.82, 2.24) is 14.8 Å². The van der Waals surface area contributed by atoms with Gasteiger partial charge in [0, 0.05) is 50.6 Å². The summed E-state index contributed by atoms with van der Waals surface area (Å²) in [5.74, 6) is -0.460. The van der Waals surface area contributed by atoms with E-state index < -0.39 is 0 Å². The van der Waals surface area contributed by atoms with Gasteiger partial charge in [-0.15, -0.1) is 0 Å². The topological polar surface area (TPSA) is 110 Å². The molecule has 0 radical (unpaired) electrons. The summed E-state index contributed by atoms with van der Waals surface area (Å²) >= 11 is 0. The van der Waals surface area contributed by atoms with Crippen molar-refractivity contribution < 1.29 is 29.0 Å². The lowest BCUT2D eigenvalue weighted by molar-refractivity contribution is -0.122. The van der Waals surface area contributed by atoms with Crippen molar-refractivity contribution >= 4 is 18.3 Å². The smallest absolute Gasteiger partial charge is 0.354 e. The minimum absolute atomic E-state index is 0.0851. The van der Waals surface area contributed by atoms with Gasteiger partial charge in [0.1, 0.15) is 5.69 Å². The number of benzene rings is 1. The van der Waals surface area contributed by atoms with Gasteiger partial charge in [-0.1, -0.05) is 12.1 Å². The lowest BCUT2D eigenvalue weighted by Gasteiger charge is -2.26. The third-order valence-corrected chi connectivity index (χ3v) is 4.70. The maximum absolute atomic E-state index is 12.3. The molecule has 1 amide bonds. The molecule has 1 saturated heterocycles. The molecule has 9 nitrogen and oxygen atoms in total. The van der Waals surface area contributed by atoms with Crippen molar-refractivity contribution in [2.75, 3.05) is 46.5 Å². The minimum atomic E-state index is -0.375. The molecule has 2 aromatic rings. The van der Waals surface area contributed by atoms with Crippen LogP contribution in [-0.2, 0) is 21.3 Å². The van der Waals surface area contributed by atoms with E-state index in [0.717, 1.165) is 44.0 Å². The monoisotopic (exact) mass is 417 g/mol. The van der Waals surface area contributed by atoms with E-state index in [1.54, 1.807) is 29.8 Å². The molecule has 2 heterocycles. The number of hydrogen-bond donors (Lipinski definition) is 2. The average Bonchev–Trinajstić information content (AvgIpc) is 3.16. The fourth-order valence-electron chi connectivity index (χ4n) is 3.10. The highest BCUT2D eigenvalue weighted by Gasteiger charge is 2.14. The molecule has 30 heavy (non-hydrogen) atoms. The Bertz CT molecular complexity index is 841. The number of morpholine rings is 1. The van der Waals surface area contributed by atoms with Gasteiger partial charge >= 0.3 is 5.97 Å². The van der Waals surface area contributed by atoms with E-state index in [-0.39, 0.29) is 18.3 Å². The highest BCUT2D eigenvalue weighted by molar-refractivity contribution is 5.95. The number of carbonyl (C=O) groups is 3. The van der Waals surface area contributed by atoms with Gasteiger partial charge in [0.25, 0.3) is 12.4 Å². The van der Waals surface area contributed by atoms with E-state index in [9.17, 15) is 9.59 Å². The predicted molar refractivity (Wildman–Crippen MR) is 110 cm³/mol. The zero-order valence-electron chi connectivity index (χ0n) is 17.2. The number of carboxylic acid groups (broad SMARTS) is 1. The van der Waals surface area contributed by atoms with Crippen LogP contribution in [0.15, 0.2) is 36.5 Å². The maximum Gasteiger partial charge on any atom is 0.354 e. The van der Waals surface area contributed by atoms with Crippen LogP contribution in [0, 0.1) is 0 Å². The van der Waals surface area contributed by atoms with E-state index in [1.165, 1.54) is 7.11 Å². The second-order valence-corrected chi connectivity index (χ2v) is 6.61. The first kappa shape index (κ1) is 23.1. The van der Waals surface area contributed by atoms with Gasteiger partial charge in [0.15, 0.2) is 0 Å². The lowest BCUT2D eigenvalue weighted by Crippen LogP contribution is -2.41. The molecule has 1 fully saturated rings. The van der Waals surface area contributed by atoms with E-state index in [1.807, 2.05) is 18.3 Å². The zero-order valence-corrected chi connectivity index (χ0v) is 17.2. The SMILES string of the molecule is COC(=O)c1cc(-c2ccc(C(=O)NCCN3CCOCC3)cc2)cn1C.O=CO. The number of methoxy groups -OCH3 is 1. The summed E-state index contributed by atoms with van der Waals surface area (Å²) in [5.41, 5.74) is 2.94. The van der Waals surface area contributed by atoms with Crippen LogP contribution in [0.25, 0.3) is 11.1 Å². The van der Waals surface area contributed by atoms with Gasteiger partial charge in [-0.25, -0.2) is 4.79 Å². The third-order valence-electron chi connectivity index (χ3n) is 4.70. The molecule has 0 spiro atoms. The highest BCUT2D eigenvalue weighted by atomic mass is 16.5. The standard InChI is InChI=1S/C20H25N3O4.CH2O2/c1-22-14-17(13-18(22)20(25)26-2)15-3-5-16(6-4-15)19(24)21-7-8-23-9-11-27-12-10-23;2-1-3/h3-6,13-14H,7-12H2,1-2H3,(H,21,24);1H,(H,2,3). The van der Waals surface area contributed by atoms with Crippen molar-refractivity contribution in [2.24, 2.45) is 7.05 Å². The summed E-state index contributed by atoms with van der Waals surface area (Å²) < 4.78 is 11.8. The van der Waals surface area contributed by atoms with Crippen molar-refractivity contribution in [3.63, 3.8) is 0 Å². The van der Waals surface area contributed by atoms with E-state index in [0.29, 0.717) is 17.8 Å². The molecule has 1 aromatic heterocycles. The van der Waals surface area contributed by atoms with Gasteiger partial charge in [-0.05, 0) is 23.8 Å². The Kier molecular flexibility index (Phi) is 9.04. The molecule has 1 aliphatic heterocycles. The van der Waals surface area contributed by atoms with Crippen LogP contribution in [0.4, 0.5) is 0 Å².